The van der Waals surface area contributed by atoms with Crippen LogP contribution in [0, 0.1) is 0 Å². The molecule has 0 bridgehead atoms. The third-order valence-corrected chi connectivity index (χ3v) is 2.09. The van der Waals surface area contributed by atoms with E-state index in [0.717, 1.165) is 0 Å². The summed E-state index contributed by atoms with van der Waals surface area (Å²) in [5.41, 5.74) is 0. The summed E-state index contributed by atoms with van der Waals surface area (Å²) in [5.74, 6) is -1.54. The van der Waals surface area contributed by atoms with Crippen molar-refractivity contribution < 1.29 is 14.5 Å². The molecule has 0 saturated heterocycles. The largest absolute Gasteiger partial charge is 0.610 e. The van der Waals surface area contributed by atoms with Crippen molar-refractivity contribution in [3.63, 3.8) is 0 Å². The predicted molar refractivity (Wildman–Crippen MR) is 35.3 cm³/mol. The van der Waals surface area contributed by atoms with E-state index in [9.17, 15) is 9.35 Å². The van der Waals surface area contributed by atoms with Crippen LogP contribution in [0.3, 0.4) is 0 Å². The second-order valence-electron chi connectivity index (χ2n) is 1.70. The Labute approximate surface area is 64.8 Å². The van der Waals surface area contributed by atoms with Crippen molar-refractivity contribution in [3.05, 3.63) is 6.20 Å². The van der Waals surface area contributed by atoms with Crippen LogP contribution in [0.5, 0.6) is 0 Å². The first-order valence-electron chi connectivity index (χ1n) is 2.66. The van der Waals surface area contributed by atoms with E-state index in [1.54, 1.807) is 0 Å². The van der Waals surface area contributed by atoms with Gasteiger partial charge in [0.2, 0.25) is 5.75 Å². The summed E-state index contributed by atoms with van der Waals surface area (Å²) >= 11 is -1.56. The summed E-state index contributed by atoms with van der Waals surface area (Å²) in [7, 11) is 0. The lowest BCUT2D eigenvalue weighted by Crippen LogP contribution is -2.15. The van der Waals surface area contributed by atoms with Gasteiger partial charge in [0.05, 0.1) is 0 Å². The Kier molecular flexibility index (Phi) is 2.44. The van der Waals surface area contributed by atoms with Gasteiger partial charge in [-0.05, 0) is 0 Å². The molecule has 0 aliphatic rings. The number of hydrogen-bond acceptors (Lipinski definition) is 4. The van der Waals surface area contributed by atoms with Crippen molar-refractivity contribution in [1.82, 2.24) is 15.4 Å². The van der Waals surface area contributed by atoms with Gasteiger partial charge in [-0.3, -0.25) is 0 Å². The second kappa shape index (κ2) is 3.35. The summed E-state index contributed by atoms with van der Waals surface area (Å²) in [6, 6.07) is 0. The van der Waals surface area contributed by atoms with E-state index in [0.29, 0.717) is 0 Å². The number of carbonyl (C=O) groups is 1. The molecule has 0 aromatic carbocycles. The van der Waals surface area contributed by atoms with Crippen LogP contribution in [0.2, 0.25) is 0 Å². The van der Waals surface area contributed by atoms with Crippen molar-refractivity contribution in [1.29, 1.82) is 0 Å². The van der Waals surface area contributed by atoms with Crippen molar-refractivity contribution in [2.24, 2.45) is 0 Å². The Bertz CT molecular complexity index is 237. The number of hydrogen-bond donors (Lipinski definition) is 2. The average Bonchev–Trinajstić information content (AvgIpc) is 2.35. The van der Waals surface area contributed by atoms with Crippen LogP contribution in [-0.2, 0) is 16.0 Å². The number of rotatable bonds is 3. The maximum absolute atomic E-state index is 10.9. The van der Waals surface area contributed by atoms with Crippen LogP contribution in [0.1, 0.15) is 0 Å². The fourth-order valence-electron chi connectivity index (χ4n) is 0.488. The first-order valence-corrected chi connectivity index (χ1v) is 3.98. The molecule has 0 aliphatic carbocycles. The molecule has 60 valence electrons. The maximum atomic E-state index is 10.9. The highest BCUT2D eigenvalue weighted by Crippen LogP contribution is 2.03. The molecule has 0 spiro atoms. The molecule has 1 atom stereocenters. The number of carboxylic acid groups (broad SMARTS) is 1. The topological polar surface area (TPSA) is 102 Å². The minimum absolute atomic E-state index is 0.229. The molecule has 0 radical (unpaired) electrons. The zero-order valence-electron chi connectivity index (χ0n) is 5.35. The highest BCUT2D eigenvalue weighted by Gasteiger charge is 2.16. The summed E-state index contributed by atoms with van der Waals surface area (Å²) in [6.45, 7) is 0. The number of nitrogens with one attached hydrogen (secondary N) is 1. The van der Waals surface area contributed by atoms with Crippen molar-refractivity contribution in [2.75, 3.05) is 5.75 Å². The highest BCUT2D eigenvalue weighted by atomic mass is 32.2. The molecule has 11 heavy (non-hydrogen) atoms. The van der Waals surface area contributed by atoms with Crippen LogP contribution >= 0.6 is 0 Å². The van der Waals surface area contributed by atoms with E-state index in [1.807, 2.05) is 0 Å². The lowest BCUT2D eigenvalue weighted by atomic mass is 10.8. The fraction of sp³-hybridized carbons (Fsp3) is 0.250. The lowest BCUT2D eigenvalue weighted by Gasteiger charge is -2.01. The monoisotopic (exact) mass is 175 g/mol. The number of H-pyrrole nitrogens is 1. The molecule has 1 aromatic heterocycles. The molecule has 7 heteroatoms. The molecule has 0 fully saturated rings. The Morgan fingerprint density at radius 1 is 1.91 bits per heavy atom. The second-order valence-corrected chi connectivity index (χ2v) is 3.12. The highest BCUT2D eigenvalue weighted by molar-refractivity contribution is 7.92. The van der Waals surface area contributed by atoms with Crippen LogP contribution < -0.4 is 0 Å². The number of aromatic nitrogens is 3. The molecular formula is C4H5N3O3S. The minimum atomic E-state index is -1.56. The molecule has 6 nitrogen and oxygen atoms in total. The molecule has 1 aromatic rings. The maximum Gasteiger partial charge on any atom is 0.354 e. The molecule has 0 aliphatic heterocycles. The standard InChI is InChI=1S/C4H5N3O3S/c8-4(9)2-11(10)3-1-5-7-6-3/h1H,2H2,(H,8,9)(H,5,6,7). The van der Waals surface area contributed by atoms with E-state index < -0.39 is 22.9 Å². The van der Waals surface area contributed by atoms with Gasteiger partial charge in [-0.25, -0.2) is 9.89 Å². The van der Waals surface area contributed by atoms with Gasteiger partial charge in [0.15, 0.2) is 0 Å². The number of aliphatic carboxylic acids is 1. The Hall–Kier alpha value is -1.08. The van der Waals surface area contributed by atoms with Crippen molar-refractivity contribution in [3.8, 4) is 0 Å². The van der Waals surface area contributed by atoms with Gasteiger partial charge in [-0.15, -0.1) is 5.10 Å². The van der Waals surface area contributed by atoms with Crippen LogP contribution in [0.15, 0.2) is 11.2 Å². The van der Waals surface area contributed by atoms with Crippen molar-refractivity contribution in [2.45, 2.75) is 5.03 Å². The first-order chi connectivity index (χ1) is 5.20. The zero-order chi connectivity index (χ0) is 8.27. The van der Waals surface area contributed by atoms with Gasteiger partial charge in [-0.1, -0.05) is 5.21 Å². The van der Waals surface area contributed by atoms with E-state index in [1.165, 1.54) is 6.20 Å². The molecule has 1 heterocycles. The third-order valence-electron chi connectivity index (χ3n) is 0.893. The summed E-state index contributed by atoms with van der Waals surface area (Å²) in [5, 5.41) is 17.4. The van der Waals surface area contributed by atoms with Gasteiger partial charge in [0, 0.05) is 11.2 Å². The Morgan fingerprint density at radius 3 is 3.09 bits per heavy atom. The quantitative estimate of drug-likeness (QED) is 0.573. The predicted octanol–water partition coefficient (Wildman–Crippen LogP) is -1.00. The normalized spacial score (nSPS) is 12.8. The average molecular weight is 175 g/mol. The fourth-order valence-corrected chi connectivity index (χ4v) is 1.18. The van der Waals surface area contributed by atoms with Gasteiger partial charge in [0.1, 0.15) is 6.20 Å². The molecule has 2 N–H and O–H groups in total. The molecule has 0 amide bonds. The zero-order valence-corrected chi connectivity index (χ0v) is 6.17. The summed E-state index contributed by atoms with van der Waals surface area (Å²) in [6.07, 6.45) is 1.24. The van der Waals surface area contributed by atoms with E-state index in [4.69, 9.17) is 5.11 Å². The minimum Gasteiger partial charge on any atom is -0.610 e. The summed E-state index contributed by atoms with van der Waals surface area (Å²) < 4.78 is 10.9. The Morgan fingerprint density at radius 2 is 2.64 bits per heavy atom. The van der Waals surface area contributed by atoms with Gasteiger partial charge >= 0.3 is 5.97 Å². The van der Waals surface area contributed by atoms with E-state index in [2.05, 4.69) is 15.4 Å². The lowest BCUT2D eigenvalue weighted by molar-refractivity contribution is -0.134. The van der Waals surface area contributed by atoms with E-state index >= 15 is 0 Å². The van der Waals surface area contributed by atoms with Gasteiger partial charge in [0.25, 0.3) is 5.03 Å². The van der Waals surface area contributed by atoms with E-state index in [-0.39, 0.29) is 5.03 Å². The molecule has 0 saturated carbocycles. The Balaban J connectivity index is 2.56. The summed E-state index contributed by atoms with van der Waals surface area (Å²) in [4.78, 5) is 10.1. The number of nitrogens with zero attached hydrogens (tertiary/aromatic N) is 2. The molecule has 1 rings (SSSR count). The van der Waals surface area contributed by atoms with Crippen molar-refractivity contribution >= 4 is 17.1 Å². The SMILES string of the molecule is O=C(O)C[S+]([O-])c1cnn[nH]1. The third kappa shape index (κ3) is 2.20. The number of aromatic amines is 1. The first kappa shape index (κ1) is 8.02. The van der Waals surface area contributed by atoms with Gasteiger partial charge in [-0.2, -0.15) is 0 Å². The van der Waals surface area contributed by atoms with Crippen LogP contribution in [0.4, 0.5) is 0 Å². The van der Waals surface area contributed by atoms with Crippen LogP contribution in [-0.4, -0.2) is 36.8 Å². The molecule has 1 unspecified atom stereocenters. The number of carboxylic acids is 1. The van der Waals surface area contributed by atoms with Gasteiger partial charge < -0.3 is 9.66 Å². The van der Waals surface area contributed by atoms with Crippen LogP contribution in [0.25, 0.3) is 0 Å². The molecular weight excluding hydrogens is 170 g/mol. The smallest absolute Gasteiger partial charge is 0.354 e.